The summed E-state index contributed by atoms with van der Waals surface area (Å²) < 4.78 is 88.3. The number of aliphatic imine (C=N–C) groups is 2. The van der Waals surface area contributed by atoms with E-state index in [2.05, 4.69) is 24.9 Å². The number of carbonyl (C=O) groups is 1. The summed E-state index contributed by atoms with van der Waals surface area (Å²) in [7, 11) is -10.1. The minimum Gasteiger partial charge on any atom is -0.497 e. The summed E-state index contributed by atoms with van der Waals surface area (Å²) in [6.07, 6.45) is 4.23. The Labute approximate surface area is 524 Å². The van der Waals surface area contributed by atoms with E-state index in [0.717, 1.165) is 26.6 Å². The molecule has 9 N–H and O–H groups in total. The highest BCUT2D eigenvalue weighted by molar-refractivity contribution is 7.89. The van der Waals surface area contributed by atoms with Gasteiger partial charge in [0.15, 0.2) is 23.6 Å². The van der Waals surface area contributed by atoms with E-state index < -0.39 is 42.6 Å². The van der Waals surface area contributed by atoms with Crippen LogP contribution in [0.3, 0.4) is 0 Å². The van der Waals surface area contributed by atoms with Crippen molar-refractivity contribution in [2.75, 3.05) is 26.7 Å². The highest BCUT2D eigenvalue weighted by Crippen LogP contribution is 2.35. The molecule has 0 saturated carbocycles. The van der Waals surface area contributed by atoms with Crippen LogP contribution in [-0.4, -0.2) is 103 Å². The van der Waals surface area contributed by atoms with Crippen LogP contribution >= 0.6 is 46.4 Å². The Kier molecular flexibility index (Phi) is 22.1. The van der Waals surface area contributed by atoms with Gasteiger partial charge < -0.3 is 32.8 Å². The van der Waals surface area contributed by atoms with Crippen molar-refractivity contribution >= 4 is 138 Å². The number of nitrogens with two attached hydrogens (primary N) is 4. The van der Waals surface area contributed by atoms with Gasteiger partial charge in [-0.2, -0.15) is 22.9 Å². The first-order chi connectivity index (χ1) is 41.2. The number of halogens is 4. The molecule has 0 atom stereocenters. The fraction of sp³-hybridized carbons (Fsp3) is 0.186. The lowest BCUT2D eigenvalue weighted by Crippen LogP contribution is -2.35. The van der Waals surface area contributed by atoms with Crippen molar-refractivity contribution in [3.05, 3.63) is 194 Å². The second-order valence-electron chi connectivity index (χ2n) is 19.3. The fourth-order valence-electron chi connectivity index (χ4n) is 8.69. The second-order valence-corrected chi connectivity index (χ2v) is 26.7. The van der Waals surface area contributed by atoms with Crippen LogP contribution in [0.15, 0.2) is 171 Å². The number of pyridine rings is 3. The number of hydrogen-bond acceptors (Lipinski definition) is 13. The lowest BCUT2D eigenvalue weighted by molar-refractivity contribution is -0.137. The largest absolute Gasteiger partial charge is 0.497 e. The van der Waals surface area contributed by atoms with Crippen LogP contribution in [0.5, 0.6) is 5.75 Å². The Morgan fingerprint density at radius 3 is 1.18 bits per heavy atom. The third-order valence-corrected chi connectivity index (χ3v) is 20.0. The summed E-state index contributed by atoms with van der Waals surface area (Å²) in [6.45, 7) is 7.96. The number of sulfonamides is 3. The Bertz CT molecular complexity index is 4410. The van der Waals surface area contributed by atoms with Crippen molar-refractivity contribution in [2.45, 2.75) is 62.0 Å². The predicted molar refractivity (Wildman–Crippen MR) is 343 cm³/mol. The van der Waals surface area contributed by atoms with E-state index in [1.165, 1.54) is 70.7 Å². The smallest absolute Gasteiger partial charge is 0.318 e. The molecule has 0 bridgehead atoms. The zero-order valence-corrected chi connectivity index (χ0v) is 52.9. The molecule has 0 radical (unpaired) electrons. The molecule has 3 aromatic heterocycles. The van der Waals surface area contributed by atoms with E-state index >= 15 is 0 Å². The Morgan fingerprint density at radius 1 is 0.494 bits per heavy atom. The van der Waals surface area contributed by atoms with E-state index in [9.17, 15) is 35.2 Å². The summed E-state index contributed by atoms with van der Waals surface area (Å²) in [5, 5.41) is 13.7. The summed E-state index contributed by atoms with van der Waals surface area (Å²) in [6, 6.07) is 35.8. The molecule has 0 unspecified atom stereocenters. The van der Waals surface area contributed by atoms with Crippen LogP contribution in [0.4, 0.5) is 11.6 Å². The van der Waals surface area contributed by atoms with Crippen molar-refractivity contribution in [1.29, 1.82) is 0 Å². The summed E-state index contributed by atoms with van der Waals surface area (Å²) >= 11 is 24.6. The molecule has 0 spiro atoms. The molecule has 0 fully saturated rings. The lowest BCUT2D eigenvalue weighted by atomic mass is 10.1. The van der Waals surface area contributed by atoms with Crippen molar-refractivity contribution in [3.8, 4) is 5.75 Å². The molecular formula is C59H60Cl4N12O9S3. The number of carboxylic acid groups (broad SMARTS) is 1. The van der Waals surface area contributed by atoms with Crippen LogP contribution in [-0.2, 0) is 54.5 Å². The van der Waals surface area contributed by atoms with Crippen molar-refractivity contribution in [3.63, 3.8) is 0 Å². The van der Waals surface area contributed by atoms with Crippen molar-refractivity contribution in [1.82, 2.24) is 27.9 Å². The first-order valence-corrected chi connectivity index (χ1v) is 32.1. The first-order valence-electron chi connectivity index (χ1n) is 26.2. The number of carboxylic acids is 1. The third-order valence-electron chi connectivity index (χ3n) is 13.2. The van der Waals surface area contributed by atoms with Gasteiger partial charge >= 0.3 is 5.97 Å². The number of nitrogens with zero attached hydrogens (tertiary/aromatic N) is 8. The Hall–Kier alpha value is -7.75. The van der Waals surface area contributed by atoms with Crippen molar-refractivity contribution < 1.29 is 39.9 Å². The summed E-state index contributed by atoms with van der Waals surface area (Å²) in [5.74, 6) is -0.851. The predicted octanol–water partition coefficient (Wildman–Crippen LogP) is 10.5. The molecule has 6 aromatic carbocycles. The van der Waals surface area contributed by atoms with Gasteiger partial charge in [0.25, 0.3) is 0 Å². The Morgan fingerprint density at radius 2 is 0.828 bits per heavy atom. The number of aliphatic carboxylic acids is 1. The number of aryl methyl sites for hydroxylation is 2. The molecule has 21 nitrogen and oxygen atoms in total. The highest BCUT2D eigenvalue weighted by atomic mass is 35.5. The number of methoxy groups -OCH3 is 1. The van der Waals surface area contributed by atoms with E-state index in [1.807, 2.05) is 69.3 Å². The zero-order chi connectivity index (χ0) is 63.5. The molecule has 0 saturated heterocycles. The number of hydrogen-bond donors (Lipinski definition) is 5. The highest BCUT2D eigenvalue weighted by Gasteiger charge is 2.29. The van der Waals surface area contributed by atoms with Crippen LogP contribution < -0.4 is 27.7 Å². The van der Waals surface area contributed by atoms with Gasteiger partial charge in [-0.1, -0.05) is 150 Å². The summed E-state index contributed by atoms with van der Waals surface area (Å²) in [4.78, 5) is 31.6. The maximum absolute atomic E-state index is 13.4. The molecule has 0 aliphatic rings. The van der Waals surface area contributed by atoms with Crippen LogP contribution in [0.2, 0.25) is 20.2 Å². The van der Waals surface area contributed by atoms with E-state index in [4.69, 9.17) is 74.1 Å². The van der Waals surface area contributed by atoms with Gasteiger partial charge in [0, 0.05) is 83.6 Å². The molecule has 9 aromatic rings. The molecule has 87 heavy (non-hydrogen) atoms. The summed E-state index contributed by atoms with van der Waals surface area (Å²) in [5.41, 5.74) is 26.5. The average molecular weight is 1320 g/mol. The normalized spacial score (nSPS) is 11.7. The number of rotatable bonds is 19. The maximum Gasteiger partial charge on any atom is 0.318 e. The number of fused-ring (bicyclic) bond motifs is 3. The number of guanidine groups is 2. The first kappa shape index (κ1) is 66.8. The average Bonchev–Trinajstić information content (AvgIpc) is 1.19. The molecule has 0 amide bonds. The molecule has 3 heterocycles. The van der Waals surface area contributed by atoms with E-state index in [1.54, 1.807) is 49.4 Å². The van der Waals surface area contributed by atoms with Gasteiger partial charge in [0.05, 0.1) is 36.9 Å². The van der Waals surface area contributed by atoms with Crippen LogP contribution in [0.25, 0.3) is 32.3 Å². The topological polar surface area (TPSA) is 326 Å². The fourth-order valence-corrected chi connectivity index (χ4v) is 13.9. The molecular weight excluding hydrogens is 1260 g/mol. The molecule has 0 aliphatic heterocycles. The van der Waals surface area contributed by atoms with Gasteiger partial charge in [-0.25, -0.2) is 40.2 Å². The number of aromatic nitrogens is 3. The zero-order valence-electron chi connectivity index (χ0n) is 47.4. The number of ether oxygens (including phenoxy) is 1. The number of benzene rings is 6. The monoisotopic (exact) mass is 1320 g/mol. The Balaban J connectivity index is 0.000000187. The van der Waals surface area contributed by atoms with Crippen LogP contribution in [0.1, 0.15) is 41.7 Å². The van der Waals surface area contributed by atoms with Gasteiger partial charge in [0.2, 0.25) is 30.1 Å². The molecule has 28 heteroatoms. The minimum absolute atomic E-state index is 0.0846. The maximum atomic E-state index is 13.4. The van der Waals surface area contributed by atoms with Gasteiger partial charge in [-0.15, -0.1) is 0 Å². The second kappa shape index (κ2) is 28.8. The van der Waals surface area contributed by atoms with E-state index in [0.29, 0.717) is 73.3 Å². The molecule has 0 aliphatic carbocycles. The van der Waals surface area contributed by atoms with Gasteiger partial charge in [0.1, 0.15) is 17.4 Å². The van der Waals surface area contributed by atoms with Crippen molar-refractivity contribution in [2.24, 2.45) is 32.9 Å². The van der Waals surface area contributed by atoms with E-state index in [-0.39, 0.29) is 61.5 Å². The SMILES string of the molecule is CCN(Cc1ccc(C)cc1)S(=O)(=O)c1ccc2c(Cl)cnc(Cl)c2c1.CCN(Cc1ccc(C)cc1)S(=O)(=O)c1ccc2c(Cl)cnc(N=C(N)N)c2c1.COc1ccc(CN(CC(=O)O)S(=O)(=O)c2ccc3c(Cl)cnc(N=C(N)N)c3c2)cc1. The lowest BCUT2D eigenvalue weighted by Gasteiger charge is -2.21. The molecule has 9 rings (SSSR count). The van der Waals surface area contributed by atoms with Gasteiger partial charge in [-0.05, 0) is 79.1 Å². The quantitative estimate of drug-likeness (QED) is 0.0285. The minimum atomic E-state index is -4.22. The third kappa shape index (κ3) is 16.5. The van der Waals surface area contributed by atoms with Gasteiger partial charge in [-0.3, -0.25) is 4.79 Å². The standard InChI is InChI=1S/C20H20ClN5O5S.C20H22ClN5O2S.C19H18Cl2N2O2S/c1-31-13-4-2-12(3-5-13)10-26(11-18(27)28)32(29,30)14-6-7-15-16(8-14)19(25-20(22)23)24-9-17(15)21;1-3-26(12-14-6-4-13(2)5-7-14)29(27,28)15-8-9-16-17(10-15)19(25-20(22)23)24-11-18(16)21;1-3-23(12-14-6-4-13(2)5-7-14)26(24,25)15-8-9-16-17(10-15)19(21)22-11-18(16)20/h2-9H,10-11H2,1H3,(H,27,28)(H4,22,23,24,25);4-11H,3,12H2,1-2H3,(H4,22,23,24,25);4-11H,3,12H2,1-2H3. The molecule has 456 valence electrons. The van der Waals surface area contributed by atoms with Crippen LogP contribution in [0, 0.1) is 13.8 Å².